The van der Waals surface area contributed by atoms with Crippen LogP contribution in [-0.4, -0.2) is 17.1 Å². The maximum absolute atomic E-state index is 5.16. The van der Waals surface area contributed by atoms with Crippen LogP contribution >= 0.6 is 0 Å². The summed E-state index contributed by atoms with van der Waals surface area (Å²) in [4.78, 5) is 7.94. The van der Waals surface area contributed by atoms with E-state index in [1.807, 2.05) is 62.4 Å². The Hall–Kier alpha value is -2.29. The van der Waals surface area contributed by atoms with Gasteiger partial charge in [0.25, 0.3) is 0 Å². The summed E-state index contributed by atoms with van der Waals surface area (Å²) in [5.41, 5.74) is 3.01. The van der Waals surface area contributed by atoms with Crippen LogP contribution in [-0.2, 0) is 0 Å². The average Bonchev–Trinajstić information content (AvgIpc) is 2.83. The fraction of sp³-hybridized carbons (Fsp3) is 0.188. The van der Waals surface area contributed by atoms with Crippen molar-refractivity contribution in [2.24, 2.45) is 0 Å². The molecule has 1 aromatic heterocycles. The number of hydrogen-bond acceptors (Lipinski definition) is 2. The van der Waals surface area contributed by atoms with Crippen LogP contribution in [0.5, 0.6) is 5.75 Å². The number of benzene rings is 1. The number of hydrogen-bond donors (Lipinski definition) is 1. The maximum atomic E-state index is 5.16. The first-order chi connectivity index (χ1) is 9.28. The van der Waals surface area contributed by atoms with Crippen LogP contribution in [0.1, 0.15) is 25.2 Å². The third-order valence-corrected chi connectivity index (χ3v) is 2.78. The van der Waals surface area contributed by atoms with Gasteiger partial charge in [-0.05, 0) is 50.3 Å². The molecule has 0 amide bonds. The lowest BCUT2D eigenvalue weighted by molar-refractivity contribution is 0.415. The molecular formula is C16H18N2O. The number of aromatic amines is 1. The average molecular weight is 254 g/mol. The number of aromatic nitrogens is 2. The van der Waals surface area contributed by atoms with Crippen LogP contribution < -0.4 is 4.74 Å². The predicted molar refractivity (Wildman–Crippen MR) is 80.0 cm³/mol. The zero-order chi connectivity index (χ0) is 13.7. The third-order valence-electron chi connectivity index (χ3n) is 2.78. The molecule has 19 heavy (non-hydrogen) atoms. The lowest BCUT2D eigenvalue weighted by Gasteiger charge is -2.00. The Bertz CT molecular complexity index is 562. The van der Waals surface area contributed by atoms with Gasteiger partial charge in [0, 0.05) is 5.56 Å². The molecule has 0 fully saturated rings. The van der Waals surface area contributed by atoms with Crippen molar-refractivity contribution < 1.29 is 4.74 Å². The van der Waals surface area contributed by atoms with Crippen molar-refractivity contribution in [1.82, 2.24) is 9.97 Å². The predicted octanol–water partition coefficient (Wildman–Crippen LogP) is 4.15. The molecule has 2 rings (SSSR count). The number of nitrogens with one attached hydrogen (secondary N) is 1. The van der Waals surface area contributed by atoms with Crippen molar-refractivity contribution in [3.63, 3.8) is 0 Å². The minimum atomic E-state index is 0.845. The van der Waals surface area contributed by atoms with Crippen molar-refractivity contribution in [2.75, 3.05) is 7.11 Å². The molecule has 98 valence electrons. The zero-order valence-corrected chi connectivity index (χ0v) is 11.5. The van der Waals surface area contributed by atoms with E-state index in [0.29, 0.717) is 0 Å². The van der Waals surface area contributed by atoms with E-state index in [0.717, 1.165) is 28.5 Å². The second-order valence-corrected chi connectivity index (χ2v) is 4.11. The number of imidazole rings is 1. The SMILES string of the molecule is C/C=C\c1nc(-c2ccc(OC)cc2)[nH]c1/C=C/C. The molecule has 0 bridgehead atoms. The Morgan fingerprint density at radius 2 is 1.74 bits per heavy atom. The first-order valence-corrected chi connectivity index (χ1v) is 6.28. The van der Waals surface area contributed by atoms with Crippen molar-refractivity contribution in [2.45, 2.75) is 13.8 Å². The second kappa shape index (κ2) is 6.05. The van der Waals surface area contributed by atoms with Gasteiger partial charge in [0.2, 0.25) is 0 Å². The van der Waals surface area contributed by atoms with Gasteiger partial charge in [-0.1, -0.05) is 12.2 Å². The molecule has 0 unspecified atom stereocenters. The minimum Gasteiger partial charge on any atom is -0.497 e. The molecule has 0 radical (unpaired) electrons. The molecule has 0 aliphatic rings. The Morgan fingerprint density at radius 1 is 1.05 bits per heavy atom. The van der Waals surface area contributed by atoms with Crippen LogP contribution in [0.3, 0.4) is 0 Å². The van der Waals surface area contributed by atoms with Crippen LogP contribution in [0.4, 0.5) is 0 Å². The van der Waals surface area contributed by atoms with Crippen molar-refractivity contribution in [3.8, 4) is 17.1 Å². The molecule has 0 saturated heterocycles. The Balaban J connectivity index is 2.41. The molecule has 0 spiro atoms. The number of rotatable bonds is 4. The quantitative estimate of drug-likeness (QED) is 0.890. The number of allylic oxidation sites excluding steroid dienone is 2. The van der Waals surface area contributed by atoms with Gasteiger partial charge in [-0.2, -0.15) is 0 Å². The van der Waals surface area contributed by atoms with E-state index in [4.69, 9.17) is 4.74 Å². The molecule has 3 nitrogen and oxygen atoms in total. The summed E-state index contributed by atoms with van der Waals surface area (Å²) in [6.07, 6.45) is 8.01. The summed E-state index contributed by atoms with van der Waals surface area (Å²) in [6.45, 7) is 3.98. The largest absolute Gasteiger partial charge is 0.497 e. The number of H-pyrrole nitrogens is 1. The highest BCUT2D eigenvalue weighted by Crippen LogP contribution is 2.22. The van der Waals surface area contributed by atoms with E-state index in [2.05, 4.69) is 9.97 Å². The molecule has 3 heteroatoms. The van der Waals surface area contributed by atoms with Crippen LogP contribution in [0.15, 0.2) is 36.4 Å². The van der Waals surface area contributed by atoms with Gasteiger partial charge in [-0.15, -0.1) is 0 Å². The van der Waals surface area contributed by atoms with Gasteiger partial charge in [-0.25, -0.2) is 4.98 Å². The van der Waals surface area contributed by atoms with Crippen LogP contribution in [0, 0.1) is 0 Å². The summed E-state index contributed by atoms with van der Waals surface area (Å²) in [6, 6.07) is 7.86. The molecule has 0 aliphatic carbocycles. The van der Waals surface area contributed by atoms with Gasteiger partial charge >= 0.3 is 0 Å². The molecular weight excluding hydrogens is 236 g/mol. The van der Waals surface area contributed by atoms with Gasteiger partial charge in [-0.3, -0.25) is 0 Å². The highest BCUT2D eigenvalue weighted by Gasteiger charge is 2.07. The Kier molecular flexibility index (Phi) is 4.18. The lowest BCUT2D eigenvalue weighted by atomic mass is 10.2. The highest BCUT2D eigenvalue weighted by molar-refractivity contribution is 5.66. The monoisotopic (exact) mass is 254 g/mol. The Labute approximate surface area is 113 Å². The van der Waals surface area contributed by atoms with Crippen molar-refractivity contribution >= 4 is 12.2 Å². The maximum Gasteiger partial charge on any atom is 0.138 e. The standard InChI is InChI=1S/C16H18N2O/c1-4-6-14-15(7-5-2)18-16(17-14)12-8-10-13(19-3)11-9-12/h4-11H,1-3H3,(H,17,18)/b6-4-,7-5+. The van der Waals surface area contributed by atoms with E-state index in [1.54, 1.807) is 7.11 Å². The summed E-state index contributed by atoms with van der Waals surface area (Å²) in [5, 5.41) is 0. The van der Waals surface area contributed by atoms with Gasteiger partial charge in [0.15, 0.2) is 0 Å². The number of nitrogens with zero attached hydrogens (tertiary/aromatic N) is 1. The molecule has 2 aromatic rings. The molecule has 1 heterocycles. The summed E-state index contributed by atoms with van der Waals surface area (Å²) < 4.78 is 5.16. The smallest absolute Gasteiger partial charge is 0.138 e. The second-order valence-electron chi connectivity index (χ2n) is 4.11. The van der Waals surface area contributed by atoms with Crippen LogP contribution in [0.25, 0.3) is 23.5 Å². The molecule has 0 aliphatic heterocycles. The molecule has 1 N–H and O–H groups in total. The Morgan fingerprint density at radius 3 is 2.32 bits per heavy atom. The van der Waals surface area contributed by atoms with E-state index >= 15 is 0 Å². The van der Waals surface area contributed by atoms with E-state index in [-0.39, 0.29) is 0 Å². The first kappa shape index (κ1) is 13.1. The summed E-state index contributed by atoms with van der Waals surface area (Å²) in [7, 11) is 1.66. The summed E-state index contributed by atoms with van der Waals surface area (Å²) in [5.74, 6) is 1.71. The molecule has 0 saturated carbocycles. The number of ether oxygens (including phenoxy) is 1. The van der Waals surface area contributed by atoms with E-state index in [9.17, 15) is 0 Å². The first-order valence-electron chi connectivity index (χ1n) is 6.28. The van der Waals surface area contributed by atoms with Gasteiger partial charge < -0.3 is 9.72 Å². The van der Waals surface area contributed by atoms with Crippen molar-refractivity contribution in [3.05, 3.63) is 47.8 Å². The normalized spacial score (nSPS) is 11.5. The zero-order valence-electron chi connectivity index (χ0n) is 11.5. The van der Waals surface area contributed by atoms with Gasteiger partial charge in [0.1, 0.15) is 11.6 Å². The fourth-order valence-corrected chi connectivity index (χ4v) is 1.86. The van der Waals surface area contributed by atoms with Crippen LogP contribution in [0.2, 0.25) is 0 Å². The lowest BCUT2D eigenvalue weighted by Crippen LogP contribution is -1.84. The molecule has 0 atom stereocenters. The minimum absolute atomic E-state index is 0.845. The molecule has 1 aromatic carbocycles. The highest BCUT2D eigenvalue weighted by atomic mass is 16.5. The summed E-state index contributed by atoms with van der Waals surface area (Å²) >= 11 is 0. The van der Waals surface area contributed by atoms with Gasteiger partial charge in [0.05, 0.1) is 18.5 Å². The third kappa shape index (κ3) is 2.94. The fourth-order valence-electron chi connectivity index (χ4n) is 1.86. The van der Waals surface area contributed by atoms with E-state index in [1.165, 1.54) is 0 Å². The number of methoxy groups -OCH3 is 1. The topological polar surface area (TPSA) is 37.9 Å². The van der Waals surface area contributed by atoms with Crippen molar-refractivity contribution in [1.29, 1.82) is 0 Å². The van der Waals surface area contributed by atoms with E-state index < -0.39 is 0 Å².